The van der Waals surface area contributed by atoms with Crippen molar-refractivity contribution in [3.8, 4) is 101 Å². The molecule has 0 fully saturated rings. The summed E-state index contributed by atoms with van der Waals surface area (Å²) >= 11 is 0. The normalized spacial score (nSPS) is 10.2. The second kappa shape index (κ2) is 42.8. The van der Waals surface area contributed by atoms with Gasteiger partial charge in [0.1, 0.15) is 0 Å². The first-order chi connectivity index (χ1) is 54.7. The Balaban J connectivity index is 0.000000162. The topological polar surface area (TPSA) is 107 Å². The Morgan fingerprint density at radius 2 is 0.500 bits per heavy atom. The van der Waals surface area contributed by atoms with Crippen LogP contribution in [0.25, 0.3) is 101 Å². The Bertz CT molecular complexity index is 5620. The van der Waals surface area contributed by atoms with Crippen molar-refractivity contribution in [3.05, 3.63) is 441 Å². The molecule has 0 N–H and O–H groups in total. The summed E-state index contributed by atoms with van der Waals surface area (Å²) < 4.78 is 11.1. The predicted molar refractivity (Wildman–Crippen MR) is 461 cm³/mol. The molecular formula is C101H89Ir3N12-4. The van der Waals surface area contributed by atoms with Gasteiger partial charge >= 0.3 is 20.1 Å². The molecule has 0 aliphatic heterocycles. The first-order valence-electron chi connectivity index (χ1n) is 37.2. The molecule has 15 heteroatoms. The van der Waals surface area contributed by atoms with E-state index in [4.69, 9.17) is 0 Å². The number of hydrogen-bond donors (Lipinski definition) is 0. The standard InChI is InChI=1S/3C23H19N2.2C11H11N2.C9H7N2.CH3.3Ir/c2*1-17-15-21(19-7-4-3-5-8-19)16-18(2)23(17)20-9-11-22(12-10-20)25-14-6-13-24-25;1-17-16-18(2)25(24-17)23-14-12-22(13-15-23)21-10-8-20(9-11-21)19-6-4-3-5-7-19;2*1-9-8-10(2)13(12-9)11-6-4-3-5-7-11;1-2-5-9(6-3-1)11-8-4-7-10-11;;;;/h2*3-11,13-16H,1-2H3;3-14,16H,1-2H3;2*3-6,8H,1-2H3;1-5,7-8H;1H3;;;/q7*-1;;;+3. The van der Waals surface area contributed by atoms with Gasteiger partial charge in [-0.3, -0.25) is 28.1 Å². The summed E-state index contributed by atoms with van der Waals surface area (Å²) in [5.74, 6) is 0. The van der Waals surface area contributed by atoms with Crippen molar-refractivity contribution >= 4 is 0 Å². The van der Waals surface area contributed by atoms with Crippen LogP contribution in [0.4, 0.5) is 0 Å². The van der Waals surface area contributed by atoms with Crippen molar-refractivity contribution in [2.45, 2.75) is 69.2 Å². The third-order valence-corrected chi connectivity index (χ3v) is 18.6. The minimum Gasteiger partial charge on any atom is -0.358 e. The maximum absolute atomic E-state index is 4.51. The predicted octanol–water partition coefficient (Wildman–Crippen LogP) is 23.6. The molecule has 0 unspecified atom stereocenters. The average molecular weight is 2050 g/mol. The SMILES string of the molecule is Cc1cc(-c2ccccc2)cc(C)c1-c1c[c-]c(-n2cccn2)cc1.Cc1cc(-c2ccccc2)cc(C)c1-c1c[c-]c(-n2cccn2)cc1.Cc1cc(C)n(-c2[c-]cc(-c3ccc(-c4ccccc4)cc3)cc2)n1.Cc1cc(C)n(-c2[c-]cccc2)n1.Cc1cc(C)n(-c2[c-]cccc2)n1.[CH3-].[Ir+3].[Ir].[Ir].[c-]1ccccc1-n1cccn1. The number of benzene rings is 12. The van der Waals surface area contributed by atoms with Crippen LogP contribution in [-0.4, -0.2) is 58.7 Å². The molecular weight excluding hydrogens is 1960 g/mol. The molecule has 0 amide bonds. The van der Waals surface area contributed by atoms with Crippen LogP contribution < -0.4 is 0 Å². The van der Waals surface area contributed by atoms with Crippen molar-refractivity contribution in [1.82, 2.24) is 58.7 Å². The van der Waals surface area contributed by atoms with E-state index in [1.54, 1.807) is 23.3 Å². The van der Waals surface area contributed by atoms with E-state index in [0.717, 1.165) is 73.9 Å². The fourth-order valence-electron chi connectivity index (χ4n) is 13.5. The summed E-state index contributed by atoms with van der Waals surface area (Å²) in [6.45, 7) is 20.8. The molecule has 0 atom stereocenters. The zero-order valence-electron chi connectivity index (χ0n) is 66.7. The number of aryl methyl sites for hydroxylation is 10. The van der Waals surface area contributed by atoms with E-state index in [2.05, 4.69) is 302 Å². The Hall–Kier alpha value is -12.2. The summed E-state index contributed by atoms with van der Waals surface area (Å²) in [5, 5.41) is 25.8. The van der Waals surface area contributed by atoms with Crippen LogP contribution in [0.15, 0.2) is 340 Å². The zero-order valence-corrected chi connectivity index (χ0v) is 73.9. The maximum atomic E-state index is 4.51. The van der Waals surface area contributed by atoms with Crippen molar-refractivity contribution in [2.75, 3.05) is 0 Å². The molecule has 6 aromatic heterocycles. The largest absolute Gasteiger partial charge is 3.00 e. The number of aromatic nitrogens is 12. The zero-order chi connectivity index (χ0) is 77.7. The second-order valence-corrected chi connectivity index (χ2v) is 27.1. The quantitative estimate of drug-likeness (QED) is 0.113. The molecule has 0 spiro atoms. The Morgan fingerprint density at radius 3 is 0.776 bits per heavy atom. The van der Waals surface area contributed by atoms with Crippen LogP contribution in [-0.2, 0) is 60.3 Å². The summed E-state index contributed by atoms with van der Waals surface area (Å²) in [7, 11) is 0. The molecule has 6 heterocycles. The minimum absolute atomic E-state index is 0. The molecule has 0 saturated heterocycles. The van der Waals surface area contributed by atoms with Gasteiger partial charge in [-0.2, -0.15) is 158 Å². The van der Waals surface area contributed by atoms with E-state index in [-0.39, 0.29) is 67.7 Å². The first-order valence-corrected chi connectivity index (χ1v) is 37.2. The molecule has 116 heavy (non-hydrogen) atoms. The van der Waals surface area contributed by atoms with E-state index in [1.807, 2.05) is 180 Å². The van der Waals surface area contributed by atoms with Gasteiger partial charge in [0, 0.05) is 94.5 Å². The van der Waals surface area contributed by atoms with Gasteiger partial charge in [0.25, 0.3) is 0 Å². The van der Waals surface area contributed by atoms with Crippen molar-refractivity contribution in [3.63, 3.8) is 0 Å². The van der Waals surface area contributed by atoms with Crippen LogP contribution >= 0.6 is 0 Å². The molecule has 584 valence electrons. The van der Waals surface area contributed by atoms with Crippen LogP contribution in [0.1, 0.15) is 56.4 Å². The Labute approximate surface area is 724 Å². The summed E-state index contributed by atoms with van der Waals surface area (Å²) in [5.41, 5.74) is 32.2. The molecule has 0 aliphatic carbocycles. The van der Waals surface area contributed by atoms with Gasteiger partial charge in [-0.05, 0) is 173 Å². The fraction of sp³-hybridized carbons (Fsp3) is 0.0990. The molecule has 0 saturated carbocycles. The van der Waals surface area contributed by atoms with E-state index in [0.29, 0.717) is 0 Å². The second-order valence-electron chi connectivity index (χ2n) is 27.1. The van der Waals surface area contributed by atoms with Gasteiger partial charge in [-0.15, -0.1) is 53.1 Å². The molecule has 18 rings (SSSR count). The van der Waals surface area contributed by atoms with Crippen molar-refractivity contribution in [1.29, 1.82) is 0 Å². The summed E-state index contributed by atoms with van der Waals surface area (Å²) in [6, 6.07) is 123. The third-order valence-electron chi connectivity index (χ3n) is 18.6. The first kappa shape index (κ1) is 87.8. The number of nitrogens with zero attached hydrogens (tertiary/aromatic N) is 12. The van der Waals surface area contributed by atoms with Gasteiger partial charge in [0.2, 0.25) is 0 Å². The molecule has 12 nitrogen and oxygen atoms in total. The summed E-state index contributed by atoms with van der Waals surface area (Å²) in [6.07, 6.45) is 11.1. The minimum atomic E-state index is 0. The van der Waals surface area contributed by atoms with E-state index in [1.165, 1.54) is 83.5 Å². The van der Waals surface area contributed by atoms with Crippen LogP contribution in [0.5, 0.6) is 0 Å². The third kappa shape index (κ3) is 22.9. The van der Waals surface area contributed by atoms with Crippen LogP contribution in [0, 0.1) is 113 Å². The van der Waals surface area contributed by atoms with Crippen LogP contribution in [0.3, 0.4) is 0 Å². The van der Waals surface area contributed by atoms with Gasteiger partial charge < -0.3 is 7.43 Å². The van der Waals surface area contributed by atoms with Gasteiger partial charge in [-0.25, -0.2) is 0 Å². The maximum Gasteiger partial charge on any atom is 3.00 e. The smallest absolute Gasteiger partial charge is 0.358 e. The number of para-hydroxylation sites is 3. The fourth-order valence-corrected chi connectivity index (χ4v) is 13.5. The molecule has 18 aromatic rings. The average Bonchev–Trinajstić information content (AvgIpc) is 1.29. The Kier molecular flexibility index (Phi) is 32.4. The number of hydrogen-bond acceptors (Lipinski definition) is 6. The van der Waals surface area contributed by atoms with Gasteiger partial charge in [0.15, 0.2) is 0 Å². The van der Waals surface area contributed by atoms with Crippen LogP contribution in [0.2, 0.25) is 0 Å². The van der Waals surface area contributed by atoms with Crippen molar-refractivity contribution in [2.24, 2.45) is 0 Å². The molecule has 12 aromatic carbocycles. The monoisotopic (exact) mass is 2050 g/mol. The molecule has 0 aliphatic rings. The van der Waals surface area contributed by atoms with Gasteiger partial charge in [-0.1, -0.05) is 178 Å². The molecule has 2 radical (unpaired) electrons. The van der Waals surface area contributed by atoms with E-state index in [9.17, 15) is 0 Å². The summed E-state index contributed by atoms with van der Waals surface area (Å²) in [4.78, 5) is 0. The number of rotatable bonds is 12. The van der Waals surface area contributed by atoms with Gasteiger partial charge in [0.05, 0.1) is 17.1 Å². The van der Waals surface area contributed by atoms with E-state index < -0.39 is 0 Å². The van der Waals surface area contributed by atoms with E-state index >= 15 is 0 Å². The Morgan fingerprint density at radius 1 is 0.241 bits per heavy atom. The van der Waals surface area contributed by atoms with Crippen molar-refractivity contribution < 1.29 is 60.3 Å². The molecule has 0 bridgehead atoms.